The maximum atomic E-state index is 4.10. The van der Waals surface area contributed by atoms with Crippen LogP contribution in [0.1, 0.15) is 27.7 Å². The Balaban J connectivity index is 3.61. The first-order chi connectivity index (χ1) is 7.67. The maximum Gasteiger partial charge on any atom is 0.0110 e. The van der Waals surface area contributed by atoms with E-state index < -0.39 is 0 Å². The van der Waals surface area contributed by atoms with Gasteiger partial charge in [0.15, 0.2) is 0 Å². The average molecular weight is 228 g/mol. The fourth-order valence-corrected chi connectivity index (χ4v) is 1.76. The molecule has 1 radical (unpaired) electrons. The van der Waals surface area contributed by atoms with Crippen molar-refractivity contribution in [2.24, 2.45) is 0 Å². The van der Waals surface area contributed by atoms with Crippen LogP contribution < -0.4 is 0 Å². The molecule has 0 amide bonds. The zero-order valence-corrected chi connectivity index (χ0v) is 11.7. The summed E-state index contributed by atoms with van der Waals surface area (Å²) >= 11 is 0. The summed E-state index contributed by atoms with van der Waals surface area (Å²) in [6.45, 7) is 17.8. The molecule has 0 saturated carbocycles. The third-order valence-electron chi connectivity index (χ3n) is 3.25. The topological polar surface area (TPSA) is 9.72 Å². The van der Waals surface area contributed by atoms with E-state index in [2.05, 4.69) is 49.4 Å². The van der Waals surface area contributed by atoms with Crippen molar-refractivity contribution in [3.8, 4) is 0 Å². The number of hydrogen-bond donors (Lipinski definition) is 0. The molecule has 0 saturated heterocycles. The molecule has 0 aromatic heterocycles. The van der Waals surface area contributed by atoms with E-state index in [-0.39, 0.29) is 0 Å². The second-order valence-corrected chi connectivity index (χ2v) is 4.17. The Morgan fingerprint density at radius 1 is 0.625 bits per heavy atom. The fraction of sp³-hybridized carbons (Fsp3) is 0.923. The van der Waals surface area contributed by atoms with Crippen LogP contribution in [-0.2, 0) is 0 Å². The second kappa shape index (κ2) is 10.1. The fourth-order valence-electron chi connectivity index (χ4n) is 1.76. The van der Waals surface area contributed by atoms with Gasteiger partial charge >= 0.3 is 0 Å². The normalized spacial score (nSPS) is 12.0. The lowest BCUT2D eigenvalue weighted by Crippen LogP contribution is -2.36. The molecule has 0 aliphatic carbocycles. The van der Waals surface area contributed by atoms with Gasteiger partial charge in [0.05, 0.1) is 0 Å². The lowest BCUT2D eigenvalue weighted by atomic mass is 10.4. The zero-order chi connectivity index (χ0) is 12.4. The van der Waals surface area contributed by atoms with Gasteiger partial charge in [0.25, 0.3) is 0 Å². The van der Waals surface area contributed by atoms with E-state index in [0.717, 1.165) is 52.4 Å². The summed E-state index contributed by atoms with van der Waals surface area (Å²) < 4.78 is 0. The molecule has 3 heteroatoms. The smallest absolute Gasteiger partial charge is 0.0110 e. The van der Waals surface area contributed by atoms with Gasteiger partial charge in [0.2, 0.25) is 0 Å². The van der Waals surface area contributed by atoms with Gasteiger partial charge in [-0.05, 0) is 26.2 Å². The van der Waals surface area contributed by atoms with Gasteiger partial charge in [-0.3, -0.25) is 4.90 Å². The van der Waals surface area contributed by atoms with Crippen LogP contribution in [0, 0.1) is 7.05 Å². The van der Waals surface area contributed by atoms with Crippen molar-refractivity contribution in [1.29, 1.82) is 0 Å². The predicted octanol–water partition coefficient (Wildman–Crippen LogP) is 1.76. The molecule has 0 unspecified atom stereocenters. The lowest BCUT2D eigenvalue weighted by molar-refractivity contribution is 0.222. The summed E-state index contributed by atoms with van der Waals surface area (Å²) in [7, 11) is 4.10. The molecule has 0 N–H and O–H groups in total. The first kappa shape index (κ1) is 15.9. The molecular weight excluding hydrogens is 198 g/mol. The van der Waals surface area contributed by atoms with E-state index in [1.54, 1.807) is 0 Å². The molecular formula is C13H30N3. The Hall–Kier alpha value is -0.120. The number of likely N-dealkylation sites (N-methyl/N-ethyl adjacent to an activating group) is 2. The largest absolute Gasteiger partial charge is 0.303 e. The molecule has 0 aliphatic heterocycles. The Kier molecular flexibility index (Phi) is 9.99. The summed E-state index contributed by atoms with van der Waals surface area (Å²) in [5, 5.41) is 0. The van der Waals surface area contributed by atoms with E-state index in [1.165, 1.54) is 0 Å². The van der Waals surface area contributed by atoms with Crippen LogP contribution in [0.25, 0.3) is 0 Å². The Morgan fingerprint density at radius 3 is 1.19 bits per heavy atom. The van der Waals surface area contributed by atoms with Crippen molar-refractivity contribution in [3.05, 3.63) is 7.05 Å². The number of hydrogen-bond acceptors (Lipinski definition) is 3. The van der Waals surface area contributed by atoms with Crippen molar-refractivity contribution in [3.63, 3.8) is 0 Å². The molecule has 3 nitrogen and oxygen atoms in total. The van der Waals surface area contributed by atoms with Gasteiger partial charge in [-0.25, -0.2) is 0 Å². The first-order valence-corrected chi connectivity index (χ1v) is 6.67. The third kappa shape index (κ3) is 7.20. The van der Waals surface area contributed by atoms with E-state index >= 15 is 0 Å². The monoisotopic (exact) mass is 228 g/mol. The van der Waals surface area contributed by atoms with Crippen LogP contribution in [-0.4, -0.2) is 67.1 Å². The van der Waals surface area contributed by atoms with E-state index in [0.29, 0.717) is 0 Å². The Labute approximate surface area is 102 Å². The second-order valence-electron chi connectivity index (χ2n) is 4.17. The standard InChI is InChI=1S/C13H30N3/c1-6-15(7-2)12-10-14(5)11-13-16(8-3)9-4/h5-13H2,1-4H3. The average Bonchev–Trinajstić information content (AvgIpc) is 2.31. The number of nitrogens with zero attached hydrogens (tertiary/aromatic N) is 3. The van der Waals surface area contributed by atoms with Gasteiger partial charge in [0.1, 0.15) is 0 Å². The van der Waals surface area contributed by atoms with Crippen molar-refractivity contribution < 1.29 is 0 Å². The van der Waals surface area contributed by atoms with Crippen LogP contribution in [0.2, 0.25) is 0 Å². The summed E-state index contributed by atoms with van der Waals surface area (Å²) in [6, 6.07) is 0. The summed E-state index contributed by atoms with van der Waals surface area (Å²) in [5.41, 5.74) is 0. The van der Waals surface area contributed by atoms with Gasteiger partial charge in [-0.1, -0.05) is 27.7 Å². The molecule has 0 aliphatic rings. The molecule has 0 rings (SSSR count). The maximum absolute atomic E-state index is 4.10. The minimum atomic E-state index is 1.07. The highest BCUT2D eigenvalue weighted by Crippen LogP contribution is 1.93. The molecule has 16 heavy (non-hydrogen) atoms. The molecule has 0 bridgehead atoms. The van der Waals surface area contributed by atoms with E-state index in [4.69, 9.17) is 0 Å². The minimum Gasteiger partial charge on any atom is -0.303 e. The SMILES string of the molecule is [CH2]N(CCN(CC)CC)CCN(CC)CC. The molecule has 0 fully saturated rings. The third-order valence-corrected chi connectivity index (χ3v) is 3.25. The first-order valence-electron chi connectivity index (χ1n) is 6.67. The Bertz CT molecular complexity index is 126. The molecule has 0 aromatic carbocycles. The Morgan fingerprint density at radius 2 is 0.938 bits per heavy atom. The van der Waals surface area contributed by atoms with Crippen molar-refractivity contribution in [2.75, 3.05) is 52.4 Å². The highest BCUT2D eigenvalue weighted by molar-refractivity contribution is 4.63. The van der Waals surface area contributed by atoms with Gasteiger partial charge in [-0.15, -0.1) is 0 Å². The lowest BCUT2D eigenvalue weighted by Gasteiger charge is -2.25. The van der Waals surface area contributed by atoms with Crippen molar-refractivity contribution >= 4 is 0 Å². The molecule has 0 spiro atoms. The molecule has 0 aromatic rings. The summed E-state index contributed by atoms with van der Waals surface area (Å²) in [6.07, 6.45) is 0. The van der Waals surface area contributed by atoms with Crippen LogP contribution in [0.5, 0.6) is 0 Å². The predicted molar refractivity (Wildman–Crippen MR) is 72.5 cm³/mol. The highest BCUT2D eigenvalue weighted by atomic mass is 15.2. The van der Waals surface area contributed by atoms with Crippen LogP contribution >= 0.6 is 0 Å². The van der Waals surface area contributed by atoms with E-state index in [1.807, 2.05) is 0 Å². The molecule has 0 heterocycles. The number of rotatable bonds is 10. The van der Waals surface area contributed by atoms with Gasteiger partial charge < -0.3 is 9.80 Å². The van der Waals surface area contributed by atoms with Crippen LogP contribution in [0.3, 0.4) is 0 Å². The minimum absolute atomic E-state index is 1.07. The molecule has 0 atom stereocenters. The zero-order valence-electron chi connectivity index (χ0n) is 11.7. The van der Waals surface area contributed by atoms with Crippen molar-refractivity contribution in [2.45, 2.75) is 27.7 Å². The van der Waals surface area contributed by atoms with Gasteiger partial charge in [0, 0.05) is 33.2 Å². The van der Waals surface area contributed by atoms with Crippen molar-refractivity contribution in [1.82, 2.24) is 14.7 Å². The van der Waals surface area contributed by atoms with Crippen LogP contribution in [0.15, 0.2) is 0 Å². The summed E-state index contributed by atoms with van der Waals surface area (Å²) in [5.74, 6) is 0. The van der Waals surface area contributed by atoms with Gasteiger partial charge in [-0.2, -0.15) is 0 Å². The van der Waals surface area contributed by atoms with E-state index in [9.17, 15) is 0 Å². The molecule has 97 valence electrons. The summed E-state index contributed by atoms with van der Waals surface area (Å²) in [4.78, 5) is 7.07. The highest BCUT2D eigenvalue weighted by Gasteiger charge is 2.04. The van der Waals surface area contributed by atoms with Crippen LogP contribution in [0.4, 0.5) is 0 Å². The quantitative estimate of drug-likeness (QED) is 0.564.